The van der Waals surface area contributed by atoms with Gasteiger partial charge in [0.2, 0.25) is 0 Å². The Morgan fingerprint density at radius 2 is 1.77 bits per heavy atom. The van der Waals surface area contributed by atoms with Crippen LogP contribution >= 0.6 is 0 Å². The molecule has 0 fully saturated rings. The van der Waals surface area contributed by atoms with Crippen LogP contribution in [0.15, 0.2) is 29.3 Å². The summed E-state index contributed by atoms with van der Waals surface area (Å²) >= 11 is 0. The Morgan fingerprint density at radius 1 is 1.06 bits per heavy atom. The summed E-state index contributed by atoms with van der Waals surface area (Å²) in [7, 11) is -0.662. The number of aryl methyl sites for hydroxylation is 1. The van der Waals surface area contributed by atoms with Crippen molar-refractivity contribution in [2.24, 2.45) is 14.1 Å². The van der Waals surface area contributed by atoms with Crippen LogP contribution in [0.1, 0.15) is 12.5 Å². The van der Waals surface area contributed by atoms with Crippen molar-refractivity contribution in [3.8, 4) is 23.0 Å². The summed E-state index contributed by atoms with van der Waals surface area (Å²) in [6.07, 6.45) is -3.54. The SMILES string of the molecule is CCS(=O)(=O)c1cc2nnn(C)c2nc1-c1nnc(-c2cc(C(F)(F)F)ccn2)n1C. The molecular formula is C17H15F3N8O2S. The summed E-state index contributed by atoms with van der Waals surface area (Å²) in [4.78, 5) is 8.20. The molecule has 162 valence electrons. The Morgan fingerprint density at radius 3 is 2.45 bits per heavy atom. The Balaban J connectivity index is 1.94. The highest BCUT2D eigenvalue weighted by Gasteiger charge is 2.32. The Kier molecular flexibility index (Phi) is 4.76. The molecule has 0 saturated heterocycles. The Bertz CT molecular complexity index is 1410. The fraction of sp³-hybridized carbons (Fsp3) is 0.294. The van der Waals surface area contributed by atoms with Crippen LogP contribution in [-0.4, -0.2) is 53.9 Å². The van der Waals surface area contributed by atoms with Gasteiger partial charge in [-0.2, -0.15) is 13.2 Å². The number of hydrogen-bond donors (Lipinski definition) is 0. The Labute approximate surface area is 173 Å². The van der Waals surface area contributed by atoms with E-state index in [4.69, 9.17) is 0 Å². The first kappa shape index (κ1) is 20.8. The molecule has 0 atom stereocenters. The quantitative estimate of drug-likeness (QED) is 0.461. The molecule has 4 aromatic heterocycles. The first-order valence-corrected chi connectivity index (χ1v) is 10.5. The van der Waals surface area contributed by atoms with Gasteiger partial charge in [0.1, 0.15) is 16.9 Å². The third-order valence-electron chi connectivity index (χ3n) is 4.66. The number of sulfone groups is 1. The van der Waals surface area contributed by atoms with Crippen LogP contribution in [0.3, 0.4) is 0 Å². The minimum atomic E-state index is -4.55. The largest absolute Gasteiger partial charge is 0.416 e. The van der Waals surface area contributed by atoms with E-state index in [0.717, 1.165) is 18.3 Å². The second kappa shape index (κ2) is 7.08. The summed E-state index contributed by atoms with van der Waals surface area (Å²) < 4.78 is 67.3. The summed E-state index contributed by atoms with van der Waals surface area (Å²) in [5.41, 5.74) is -0.379. The highest BCUT2D eigenvalue weighted by atomic mass is 32.2. The van der Waals surface area contributed by atoms with Crippen molar-refractivity contribution in [2.45, 2.75) is 18.0 Å². The van der Waals surface area contributed by atoms with Crippen LogP contribution in [0.25, 0.3) is 34.2 Å². The lowest BCUT2D eigenvalue weighted by Crippen LogP contribution is -2.10. The normalized spacial score (nSPS) is 12.6. The van der Waals surface area contributed by atoms with Gasteiger partial charge in [-0.1, -0.05) is 12.1 Å². The van der Waals surface area contributed by atoms with E-state index in [9.17, 15) is 21.6 Å². The molecule has 0 aromatic carbocycles. The number of rotatable bonds is 4. The molecule has 0 bridgehead atoms. The van der Waals surface area contributed by atoms with Gasteiger partial charge in [-0.15, -0.1) is 15.3 Å². The predicted molar refractivity (Wildman–Crippen MR) is 102 cm³/mol. The molecule has 0 saturated carbocycles. The molecular weight excluding hydrogens is 437 g/mol. The summed E-state index contributed by atoms with van der Waals surface area (Å²) in [5, 5.41) is 15.7. The zero-order valence-electron chi connectivity index (χ0n) is 16.5. The van der Waals surface area contributed by atoms with Crippen LogP contribution in [-0.2, 0) is 30.1 Å². The molecule has 0 aliphatic rings. The summed E-state index contributed by atoms with van der Waals surface area (Å²) in [6.45, 7) is 1.48. The van der Waals surface area contributed by atoms with E-state index >= 15 is 0 Å². The fourth-order valence-electron chi connectivity index (χ4n) is 2.99. The number of hydrogen-bond acceptors (Lipinski definition) is 8. The Hall–Kier alpha value is -3.42. The number of fused-ring (bicyclic) bond motifs is 1. The maximum Gasteiger partial charge on any atom is 0.416 e. The molecule has 0 radical (unpaired) electrons. The molecule has 0 N–H and O–H groups in total. The van der Waals surface area contributed by atoms with Crippen LogP contribution in [0, 0.1) is 0 Å². The van der Waals surface area contributed by atoms with Crippen molar-refractivity contribution in [3.05, 3.63) is 30.0 Å². The van der Waals surface area contributed by atoms with E-state index in [0.29, 0.717) is 5.65 Å². The van der Waals surface area contributed by atoms with Crippen LogP contribution < -0.4 is 0 Å². The van der Waals surface area contributed by atoms with Gasteiger partial charge in [0.05, 0.1) is 16.2 Å². The van der Waals surface area contributed by atoms with E-state index in [2.05, 4.69) is 30.5 Å². The first-order valence-electron chi connectivity index (χ1n) is 8.89. The van der Waals surface area contributed by atoms with Crippen molar-refractivity contribution in [1.82, 2.24) is 39.7 Å². The van der Waals surface area contributed by atoms with Gasteiger partial charge in [-0.3, -0.25) is 4.98 Å². The molecule has 14 heteroatoms. The minimum Gasteiger partial charge on any atom is -0.307 e. The molecule has 0 amide bonds. The number of alkyl halides is 3. The highest BCUT2D eigenvalue weighted by molar-refractivity contribution is 7.91. The maximum absolute atomic E-state index is 13.1. The topological polar surface area (TPSA) is 121 Å². The number of nitrogens with zero attached hydrogens (tertiary/aromatic N) is 8. The molecule has 4 aromatic rings. The molecule has 4 rings (SSSR count). The standard InChI is InChI=1S/C17H15F3N8O2S/c1-4-31(29,30)12-8-11-14(28(3)26-23-11)22-13(12)16-25-24-15(27(16)2)10-7-9(5-6-21-10)17(18,19)20/h5-8H,4H2,1-3H3. The zero-order chi connectivity index (χ0) is 22.6. The van der Waals surface area contributed by atoms with E-state index < -0.39 is 21.6 Å². The van der Waals surface area contributed by atoms with Gasteiger partial charge in [0.15, 0.2) is 27.1 Å². The van der Waals surface area contributed by atoms with Gasteiger partial charge in [0.25, 0.3) is 0 Å². The second-order valence-electron chi connectivity index (χ2n) is 6.63. The van der Waals surface area contributed by atoms with Crippen molar-refractivity contribution in [1.29, 1.82) is 0 Å². The van der Waals surface area contributed by atoms with Gasteiger partial charge >= 0.3 is 6.18 Å². The maximum atomic E-state index is 13.1. The smallest absolute Gasteiger partial charge is 0.307 e. The summed E-state index contributed by atoms with van der Waals surface area (Å²) in [5.74, 6) is -0.136. The van der Waals surface area contributed by atoms with Gasteiger partial charge < -0.3 is 4.57 Å². The van der Waals surface area contributed by atoms with Crippen LogP contribution in [0.5, 0.6) is 0 Å². The highest BCUT2D eigenvalue weighted by Crippen LogP contribution is 2.32. The third kappa shape index (κ3) is 3.52. The van der Waals surface area contributed by atoms with E-state index in [1.165, 1.54) is 29.3 Å². The predicted octanol–water partition coefficient (Wildman–Crippen LogP) is 2.03. The molecule has 10 nitrogen and oxygen atoms in total. The van der Waals surface area contributed by atoms with Gasteiger partial charge in [-0.05, 0) is 18.2 Å². The van der Waals surface area contributed by atoms with E-state index in [-0.39, 0.29) is 39.2 Å². The van der Waals surface area contributed by atoms with E-state index in [1.807, 2.05) is 0 Å². The first-order chi connectivity index (χ1) is 14.5. The molecule has 4 heterocycles. The van der Waals surface area contributed by atoms with Gasteiger partial charge in [0, 0.05) is 20.3 Å². The zero-order valence-corrected chi connectivity index (χ0v) is 17.3. The second-order valence-corrected chi connectivity index (χ2v) is 8.87. The lowest BCUT2D eigenvalue weighted by Gasteiger charge is -2.10. The number of pyridine rings is 2. The molecule has 31 heavy (non-hydrogen) atoms. The van der Waals surface area contributed by atoms with Gasteiger partial charge in [-0.25, -0.2) is 18.1 Å². The lowest BCUT2D eigenvalue weighted by molar-refractivity contribution is -0.137. The summed E-state index contributed by atoms with van der Waals surface area (Å²) in [6, 6.07) is 3.04. The number of halogens is 3. The van der Waals surface area contributed by atoms with Crippen LogP contribution in [0.4, 0.5) is 13.2 Å². The van der Waals surface area contributed by atoms with Crippen LogP contribution in [0.2, 0.25) is 0 Å². The molecule has 0 unspecified atom stereocenters. The molecule has 0 aliphatic carbocycles. The van der Waals surface area contributed by atoms with Crippen molar-refractivity contribution in [2.75, 3.05) is 5.75 Å². The van der Waals surface area contributed by atoms with Crippen molar-refractivity contribution < 1.29 is 21.6 Å². The van der Waals surface area contributed by atoms with Crippen molar-refractivity contribution in [3.63, 3.8) is 0 Å². The number of aromatic nitrogens is 8. The van der Waals surface area contributed by atoms with E-state index in [1.54, 1.807) is 7.05 Å². The molecule has 0 aliphatic heterocycles. The minimum absolute atomic E-state index is 0.00650. The average Bonchev–Trinajstić information content (AvgIpc) is 3.29. The third-order valence-corrected chi connectivity index (χ3v) is 6.40. The monoisotopic (exact) mass is 452 g/mol. The molecule has 0 spiro atoms. The average molecular weight is 452 g/mol. The van der Waals surface area contributed by atoms with Crippen molar-refractivity contribution >= 4 is 21.0 Å². The lowest BCUT2D eigenvalue weighted by atomic mass is 10.2. The fourth-order valence-corrected chi connectivity index (χ4v) is 4.02.